The predicted molar refractivity (Wildman–Crippen MR) is 45.1 cm³/mol. The maximum absolute atomic E-state index is 8.06. The highest BCUT2D eigenvalue weighted by Crippen LogP contribution is 2.13. The van der Waals surface area contributed by atoms with Gasteiger partial charge >= 0.3 is 0 Å². The molecule has 0 aromatic carbocycles. The normalized spacial score (nSPS) is 12.2. The molecule has 0 atom stereocenters. The number of ether oxygens (including phenoxy) is 1. The van der Waals surface area contributed by atoms with Gasteiger partial charge in [-0.25, -0.2) is 0 Å². The standard InChI is InChI=1S/C8H15NO2/c1-4-5-8(2,3)11-7-6-9-10/h4,6,10H,1,5,7H2,2-3H3/b9-6+. The summed E-state index contributed by atoms with van der Waals surface area (Å²) in [6, 6.07) is 0. The second-order valence-corrected chi connectivity index (χ2v) is 2.86. The van der Waals surface area contributed by atoms with Gasteiger partial charge in [-0.2, -0.15) is 0 Å². The van der Waals surface area contributed by atoms with E-state index in [-0.39, 0.29) is 5.60 Å². The fourth-order valence-electron chi connectivity index (χ4n) is 0.703. The zero-order valence-electron chi connectivity index (χ0n) is 7.08. The SMILES string of the molecule is C=CCC(C)(C)OC/C=N/O. The molecule has 0 fully saturated rings. The lowest BCUT2D eigenvalue weighted by Gasteiger charge is -2.22. The van der Waals surface area contributed by atoms with Crippen LogP contribution in [0.3, 0.4) is 0 Å². The maximum atomic E-state index is 8.06. The lowest BCUT2D eigenvalue weighted by Crippen LogP contribution is -2.24. The number of oxime groups is 1. The van der Waals surface area contributed by atoms with E-state index in [9.17, 15) is 0 Å². The highest BCUT2D eigenvalue weighted by atomic mass is 16.5. The minimum absolute atomic E-state index is 0.219. The van der Waals surface area contributed by atoms with Crippen LogP contribution in [0.4, 0.5) is 0 Å². The van der Waals surface area contributed by atoms with E-state index < -0.39 is 0 Å². The molecule has 0 spiro atoms. The largest absolute Gasteiger partial charge is 0.411 e. The number of nitrogens with zero attached hydrogens (tertiary/aromatic N) is 1. The van der Waals surface area contributed by atoms with Gasteiger partial charge in [-0.1, -0.05) is 11.2 Å². The quantitative estimate of drug-likeness (QED) is 0.286. The van der Waals surface area contributed by atoms with Crippen LogP contribution in [0.1, 0.15) is 20.3 Å². The fourth-order valence-corrected chi connectivity index (χ4v) is 0.703. The van der Waals surface area contributed by atoms with E-state index in [1.807, 2.05) is 13.8 Å². The van der Waals surface area contributed by atoms with Crippen molar-refractivity contribution in [3.05, 3.63) is 12.7 Å². The first-order chi connectivity index (χ1) is 5.12. The molecule has 0 heterocycles. The van der Waals surface area contributed by atoms with Gasteiger partial charge in [0.05, 0.1) is 18.4 Å². The summed E-state index contributed by atoms with van der Waals surface area (Å²) in [7, 11) is 0. The third kappa shape index (κ3) is 5.61. The van der Waals surface area contributed by atoms with E-state index in [1.54, 1.807) is 6.08 Å². The van der Waals surface area contributed by atoms with Gasteiger partial charge in [0.15, 0.2) is 0 Å². The number of rotatable bonds is 5. The molecule has 0 aliphatic heterocycles. The van der Waals surface area contributed by atoms with Gasteiger partial charge in [0, 0.05) is 0 Å². The minimum Gasteiger partial charge on any atom is -0.411 e. The summed E-state index contributed by atoms with van der Waals surface area (Å²) in [5.41, 5.74) is -0.219. The van der Waals surface area contributed by atoms with Crippen LogP contribution >= 0.6 is 0 Å². The average Bonchev–Trinajstić information content (AvgIpc) is 1.87. The van der Waals surface area contributed by atoms with Gasteiger partial charge in [0.25, 0.3) is 0 Å². The Morgan fingerprint density at radius 3 is 2.73 bits per heavy atom. The summed E-state index contributed by atoms with van der Waals surface area (Å²) in [6.45, 7) is 7.86. The molecule has 0 aromatic heterocycles. The van der Waals surface area contributed by atoms with Gasteiger partial charge in [-0.05, 0) is 20.3 Å². The van der Waals surface area contributed by atoms with Gasteiger partial charge < -0.3 is 9.94 Å². The van der Waals surface area contributed by atoms with Crippen LogP contribution in [0, 0.1) is 0 Å². The molecule has 64 valence electrons. The zero-order valence-corrected chi connectivity index (χ0v) is 7.08. The van der Waals surface area contributed by atoms with Crippen molar-refractivity contribution in [2.75, 3.05) is 6.61 Å². The molecule has 0 saturated heterocycles. The summed E-state index contributed by atoms with van der Waals surface area (Å²) in [4.78, 5) is 0. The van der Waals surface area contributed by atoms with E-state index in [2.05, 4.69) is 11.7 Å². The smallest absolute Gasteiger partial charge is 0.0859 e. The molecule has 0 radical (unpaired) electrons. The second-order valence-electron chi connectivity index (χ2n) is 2.86. The van der Waals surface area contributed by atoms with E-state index in [1.165, 1.54) is 6.21 Å². The topological polar surface area (TPSA) is 41.8 Å². The van der Waals surface area contributed by atoms with Crippen LogP contribution in [-0.2, 0) is 4.74 Å². The molecular formula is C8H15NO2. The molecular weight excluding hydrogens is 142 g/mol. The zero-order chi connectivity index (χ0) is 8.74. The molecule has 0 amide bonds. The van der Waals surface area contributed by atoms with Crippen molar-refractivity contribution in [3.63, 3.8) is 0 Å². The van der Waals surface area contributed by atoms with Gasteiger partial charge in [0.1, 0.15) is 0 Å². The lowest BCUT2D eigenvalue weighted by atomic mass is 10.1. The first-order valence-corrected chi connectivity index (χ1v) is 3.53. The van der Waals surface area contributed by atoms with Crippen molar-refractivity contribution in [3.8, 4) is 0 Å². The second kappa shape index (κ2) is 4.91. The van der Waals surface area contributed by atoms with Crippen LogP contribution < -0.4 is 0 Å². The van der Waals surface area contributed by atoms with Crippen molar-refractivity contribution in [1.82, 2.24) is 0 Å². The molecule has 3 nitrogen and oxygen atoms in total. The monoisotopic (exact) mass is 157 g/mol. The Labute approximate surface area is 67.4 Å². The summed E-state index contributed by atoms with van der Waals surface area (Å²) in [5, 5.41) is 10.9. The molecule has 0 unspecified atom stereocenters. The summed E-state index contributed by atoms with van der Waals surface area (Å²) in [5.74, 6) is 0. The van der Waals surface area contributed by atoms with Crippen LogP contribution in [-0.4, -0.2) is 23.6 Å². The Kier molecular flexibility index (Phi) is 4.54. The van der Waals surface area contributed by atoms with Crippen LogP contribution in [0.5, 0.6) is 0 Å². The Balaban J connectivity index is 3.62. The van der Waals surface area contributed by atoms with Crippen molar-refractivity contribution >= 4 is 6.21 Å². The Bertz CT molecular complexity index is 141. The summed E-state index contributed by atoms with van der Waals surface area (Å²) >= 11 is 0. The number of hydrogen-bond donors (Lipinski definition) is 1. The third-order valence-electron chi connectivity index (χ3n) is 1.27. The molecule has 0 aliphatic rings. The first kappa shape index (κ1) is 10.2. The third-order valence-corrected chi connectivity index (χ3v) is 1.27. The first-order valence-electron chi connectivity index (χ1n) is 3.53. The highest BCUT2D eigenvalue weighted by Gasteiger charge is 2.14. The molecule has 0 saturated carbocycles. The fraction of sp³-hybridized carbons (Fsp3) is 0.625. The maximum Gasteiger partial charge on any atom is 0.0859 e. The summed E-state index contributed by atoms with van der Waals surface area (Å²) in [6.07, 6.45) is 3.90. The molecule has 1 N–H and O–H groups in total. The lowest BCUT2D eigenvalue weighted by molar-refractivity contribution is 0.00878. The van der Waals surface area contributed by atoms with E-state index >= 15 is 0 Å². The van der Waals surface area contributed by atoms with Crippen LogP contribution in [0.15, 0.2) is 17.8 Å². The molecule has 11 heavy (non-hydrogen) atoms. The molecule has 0 bridgehead atoms. The molecule has 3 heteroatoms. The van der Waals surface area contributed by atoms with E-state index in [4.69, 9.17) is 9.94 Å². The van der Waals surface area contributed by atoms with Crippen molar-refractivity contribution in [2.45, 2.75) is 25.9 Å². The molecule has 0 aliphatic carbocycles. The van der Waals surface area contributed by atoms with Crippen molar-refractivity contribution in [1.29, 1.82) is 0 Å². The molecule has 0 rings (SSSR count). The predicted octanol–water partition coefficient (Wildman–Crippen LogP) is 1.82. The average molecular weight is 157 g/mol. The van der Waals surface area contributed by atoms with Crippen LogP contribution in [0.2, 0.25) is 0 Å². The Morgan fingerprint density at radius 2 is 2.27 bits per heavy atom. The van der Waals surface area contributed by atoms with Gasteiger partial charge in [0.2, 0.25) is 0 Å². The minimum atomic E-state index is -0.219. The van der Waals surface area contributed by atoms with E-state index in [0.29, 0.717) is 6.61 Å². The Hall–Kier alpha value is -0.830. The molecule has 0 aromatic rings. The summed E-state index contributed by atoms with van der Waals surface area (Å²) < 4.78 is 5.33. The van der Waals surface area contributed by atoms with Crippen LogP contribution in [0.25, 0.3) is 0 Å². The van der Waals surface area contributed by atoms with Gasteiger partial charge in [-0.15, -0.1) is 6.58 Å². The highest BCUT2D eigenvalue weighted by molar-refractivity contribution is 5.57. The number of hydrogen-bond acceptors (Lipinski definition) is 3. The van der Waals surface area contributed by atoms with Gasteiger partial charge in [-0.3, -0.25) is 0 Å². The van der Waals surface area contributed by atoms with Crippen molar-refractivity contribution in [2.24, 2.45) is 5.16 Å². The van der Waals surface area contributed by atoms with Crippen molar-refractivity contribution < 1.29 is 9.94 Å². The van der Waals surface area contributed by atoms with E-state index in [0.717, 1.165) is 6.42 Å². The Morgan fingerprint density at radius 1 is 1.64 bits per heavy atom.